The summed E-state index contributed by atoms with van der Waals surface area (Å²) in [7, 11) is 1.57. The van der Waals surface area contributed by atoms with Gasteiger partial charge in [0.15, 0.2) is 5.58 Å². The van der Waals surface area contributed by atoms with E-state index in [9.17, 15) is 24.0 Å². The van der Waals surface area contributed by atoms with Crippen LogP contribution in [0.5, 0.6) is 0 Å². The second-order valence-electron chi connectivity index (χ2n) is 8.72. The van der Waals surface area contributed by atoms with E-state index in [0.717, 1.165) is 4.52 Å². The number of aryl methyl sites for hydroxylation is 1. The Labute approximate surface area is 217 Å². The maximum Gasteiger partial charge on any atom is 0.419 e. The molecule has 5 rings (SSSR count). The van der Waals surface area contributed by atoms with E-state index in [2.05, 4.69) is 25.7 Å². The van der Waals surface area contributed by atoms with Gasteiger partial charge in [0.25, 0.3) is 17.6 Å². The van der Waals surface area contributed by atoms with Crippen molar-refractivity contribution in [2.24, 2.45) is 7.05 Å². The Morgan fingerprint density at radius 1 is 1.05 bits per heavy atom. The smallest absolute Gasteiger partial charge is 0.419 e. The monoisotopic (exact) mass is 531 g/mol. The Morgan fingerprint density at radius 3 is 2.51 bits per heavy atom. The Kier molecular flexibility index (Phi) is 6.27. The molecule has 14 nitrogen and oxygen atoms in total. The summed E-state index contributed by atoms with van der Waals surface area (Å²) >= 11 is 0. The van der Waals surface area contributed by atoms with E-state index in [1.807, 2.05) is 0 Å². The lowest BCUT2D eigenvalue weighted by atomic mass is 10.1. The van der Waals surface area contributed by atoms with Crippen LogP contribution < -0.4 is 22.1 Å². The molecular formula is C25H21N7O7. The molecule has 0 radical (unpaired) electrons. The van der Waals surface area contributed by atoms with Crippen molar-refractivity contribution >= 4 is 34.7 Å². The lowest BCUT2D eigenvalue weighted by Gasteiger charge is -2.15. The highest BCUT2D eigenvalue weighted by molar-refractivity contribution is 5.98. The van der Waals surface area contributed by atoms with Crippen molar-refractivity contribution in [3.05, 3.63) is 97.6 Å². The zero-order chi connectivity index (χ0) is 27.8. The maximum absolute atomic E-state index is 13.2. The first-order chi connectivity index (χ1) is 18.6. The molecule has 0 saturated heterocycles. The normalized spacial score (nSPS) is 11.9. The van der Waals surface area contributed by atoms with Crippen LogP contribution in [0.4, 0.5) is 0 Å². The number of amides is 2. The molecule has 2 amide bonds. The van der Waals surface area contributed by atoms with Crippen LogP contribution in [-0.2, 0) is 13.6 Å². The molecule has 3 aromatic heterocycles. The number of carboxylic acid groups (broad SMARTS) is 1. The molecule has 0 bridgehead atoms. The third kappa shape index (κ3) is 4.90. The molecule has 0 unspecified atom stereocenters. The number of H-pyrrole nitrogens is 1. The zero-order valence-electron chi connectivity index (χ0n) is 20.6. The summed E-state index contributed by atoms with van der Waals surface area (Å²) in [5.74, 6) is -3.01. The molecular weight excluding hydrogens is 510 g/mol. The Hall–Kier alpha value is -5.53. The van der Waals surface area contributed by atoms with Gasteiger partial charge < -0.3 is 20.2 Å². The summed E-state index contributed by atoms with van der Waals surface area (Å²) in [4.78, 5) is 68.6. The molecule has 0 aliphatic heterocycles. The largest absolute Gasteiger partial charge is 0.478 e. The van der Waals surface area contributed by atoms with Gasteiger partial charge in [-0.15, -0.1) is 0 Å². The van der Waals surface area contributed by atoms with Crippen LogP contribution in [0.2, 0.25) is 0 Å². The summed E-state index contributed by atoms with van der Waals surface area (Å²) in [6.07, 6.45) is 0. The van der Waals surface area contributed by atoms with Gasteiger partial charge in [0, 0.05) is 19.7 Å². The van der Waals surface area contributed by atoms with Crippen molar-refractivity contribution < 1.29 is 23.9 Å². The summed E-state index contributed by atoms with van der Waals surface area (Å²) in [6.45, 7) is 1.78. The van der Waals surface area contributed by atoms with Crippen LogP contribution in [-0.4, -0.2) is 47.0 Å². The van der Waals surface area contributed by atoms with Crippen molar-refractivity contribution in [1.82, 2.24) is 34.8 Å². The number of aromatic carboxylic acids is 1. The number of carbonyl (C=O) groups excluding carboxylic acids is 2. The van der Waals surface area contributed by atoms with E-state index in [1.165, 1.54) is 22.8 Å². The molecule has 0 aliphatic rings. The number of hydrogen-bond donors (Lipinski definition) is 4. The van der Waals surface area contributed by atoms with Crippen molar-refractivity contribution in [1.29, 1.82) is 0 Å². The summed E-state index contributed by atoms with van der Waals surface area (Å²) in [6, 6.07) is 11.7. The maximum atomic E-state index is 13.2. The van der Waals surface area contributed by atoms with E-state index in [0.29, 0.717) is 22.2 Å². The van der Waals surface area contributed by atoms with Gasteiger partial charge in [-0.05, 0) is 42.3 Å². The molecule has 0 spiro atoms. The third-order valence-electron chi connectivity index (χ3n) is 6.12. The number of benzene rings is 2. The standard InChI is InChI=1S/C25H21N7O7/c1-12(14-4-6-15(7-5-14)22(35)36)27-21(34)18-10-16(28-23-29-24(37)30-32(18)23)20(33)26-11-13-3-8-19-17(9-13)31(2)25(38)39-19/h3-10,12H,11H2,1-2H3,(H,26,33)(H,27,34)(H,30,37)(H,35,36)/t12-/m1/s1. The fraction of sp³-hybridized carbons (Fsp3) is 0.160. The summed E-state index contributed by atoms with van der Waals surface area (Å²) in [5, 5.41) is 16.9. The van der Waals surface area contributed by atoms with Gasteiger partial charge in [0.05, 0.1) is 17.1 Å². The van der Waals surface area contributed by atoms with Crippen LogP contribution in [0.1, 0.15) is 55.4 Å². The van der Waals surface area contributed by atoms with Gasteiger partial charge in [0.1, 0.15) is 11.4 Å². The third-order valence-corrected chi connectivity index (χ3v) is 6.12. The first-order valence-corrected chi connectivity index (χ1v) is 11.6. The summed E-state index contributed by atoms with van der Waals surface area (Å²) in [5.41, 5.74) is 1.40. The second kappa shape index (κ2) is 9.74. The highest BCUT2D eigenvalue weighted by Crippen LogP contribution is 2.16. The number of nitrogens with one attached hydrogen (secondary N) is 3. The molecule has 3 heterocycles. The Morgan fingerprint density at radius 2 is 1.79 bits per heavy atom. The number of aromatic amines is 1. The van der Waals surface area contributed by atoms with Crippen LogP contribution >= 0.6 is 0 Å². The van der Waals surface area contributed by atoms with Crippen molar-refractivity contribution in [2.45, 2.75) is 19.5 Å². The van der Waals surface area contributed by atoms with Gasteiger partial charge in [-0.1, -0.05) is 18.2 Å². The number of fused-ring (bicyclic) bond motifs is 2. The highest BCUT2D eigenvalue weighted by atomic mass is 16.4. The quantitative estimate of drug-likeness (QED) is 0.237. The van der Waals surface area contributed by atoms with E-state index in [1.54, 1.807) is 44.3 Å². The second-order valence-corrected chi connectivity index (χ2v) is 8.72. The highest BCUT2D eigenvalue weighted by Gasteiger charge is 2.21. The lowest BCUT2D eigenvalue weighted by molar-refractivity contribution is 0.0696. The number of carbonyl (C=O) groups is 3. The molecule has 0 fully saturated rings. The van der Waals surface area contributed by atoms with Crippen LogP contribution in [0.3, 0.4) is 0 Å². The average Bonchev–Trinajstić information content (AvgIpc) is 3.43. The molecule has 39 heavy (non-hydrogen) atoms. The van der Waals surface area contributed by atoms with Crippen molar-refractivity contribution in [2.75, 3.05) is 0 Å². The molecule has 0 saturated carbocycles. The number of oxazole rings is 1. The van der Waals surface area contributed by atoms with Gasteiger partial charge in [-0.2, -0.15) is 4.98 Å². The fourth-order valence-corrected chi connectivity index (χ4v) is 4.00. The number of aromatic nitrogens is 5. The minimum absolute atomic E-state index is 0.0826. The Balaban J connectivity index is 1.37. The average molecular weight is 531 g/mol. The number of carboxylic acids is 1. The molecule has 5 aromatic rings. The van der Waals surface area contributed by atoms with Gasteiger partial charge >= 0.3 is 17.4 Å². The molecule has 14 heteroatoms. The van der Waals surface area contributed by atoms with E-state index >= 15 is 0 Å². The predicted octanol–water partition coefficient (Wildman–Crippen LogP) is 0.982. The van der Waals surface area contributed by atoms with Crippen molar-refractivity contribution in [3.63, 3.8) is 0 Å². The summed E-state index contributed by atoms with van der Waals surface area (Å²) < 4.78 is 7.52. The van der Waals surface area contributed by atoms with Crippen LogP contribution in [0.25, 0.3) is 16.9 Å². The molecule has 0 aliphatic carbocycles. The number of nitrogens with zero attached hydrogens (tertiary/aromatic N) is 4. The topological polar surface area (TPSA) is 194 Å². The van der Waals surface area contributed by atoms with Crippen LogP contribution in [0.15, 0.2) is 62.5 Å². The van der Waals surface area contributed by atoms with Gasteiger partial charge in [0.2, 0.25) is 0 Å². The predicted molar refractivity (Wildman–Crippen MR) is 136 cm³/mol. The van der Waals surface area contributed by atoms with Gasteiger partial charge in [-0.3, -0.25) is 14.2 Å². The van der Waals surface area contributed by atoms with E-state index in [-0.39, 0.29) is 29.3 Å². The van der Waals surface area contributed by atoms with Crippen LogP contribution in [0, 0.1) is 0 Å². The number of rotatable bonds is 7. The Bertz CT molecular complexity index is 1880. The number of hydrogen-bond acceptors (Lipinski definition) is 8. The molecule has 198 valence electrons. The van der Waals surface area contributed by atoms with Crippen molar-refractivity contribution in [3.8, 4) is 0 Å². The van der Waals surface area contributed by atoms with E-state index in [4.69, 9.17) is 9.52 Å². The fourth-order valence-electron chi connectivity index (χ4n) is 4.00. The zero-order valence-corrected chi connectivity index (χ0v) is 20.6. The SMILES string of the molecule is C[C@@H](NC(=O)c1cc(C(=O)NCc2ccc3oc(=O)n(C)c3c2)nc2nc(=O)[nH]n12)c1ccc(C(=O)O)cc1. The lowest BCUT2D eigenvalue weighted by Crippen LogP contribution is -2.30. The first kappa shape index (κ1) is 25.1. The molecule has 4 N–H and O–H groups in total. The first-order valence-electron chi connectivity index (χ1n) is 11.6. The minimum Gasteiger partial charge on any atom is -0.478 e. The van der Waals surface area contributed by atoms with E-state index < -0.39 is 35.3 Å². The minimum atomic E-state index is -1.07. The van der Waals surface area contributed by atoms with Gasteiger partial charge in [-0.25, -0.2) is 29.0 Å². The molecule has 1 atom stereocenters. The molecule has 2 aromatic carbocycles.